The Morgan fingerprint density at radius 1 is 1.50 bits per heavy atom. The van der Waals surface area contributed by atoms with E-state index < -0.39 is 0 Å². The van der Waals surface area contributed by atoms with Crippen LogP contribution in [0, 0.1) is 0 Å². The third-order valence-electron chi connectivity index (χ3n) is 2.73. The topological polar surface area (TPSA) is 41.1 Å². The quantitative estimate of drug-likeness (QED) is 0.650. The van der Waals surface area contributed by atoms with Gasteiger partial charge in [-0.15, -0.1) is 0 Å². The predicted octanol–water partition coefficient (Wildman–Crippen LogP) is 0.655. The van der Waals surface area contributed by atoms with E-state index in [1.807, 2.05) is 0 Å². The van der Waals surface area contributed by atoms with Crippen molar-refractivity contribution in [2.24, 2.45) is 0 Å². The molecule has 0 bridgehead atoms. The molecule has 0 saturated heterocycles. The van der Waals surface area contributed by atoms with Crippen LogP contribution in [0.2, 0.25) is 0 Å². The minimum Gasteiger partial charge on any atom is -0.350 e. The summed E-state index contributed by atoms with van der Waals surface area (Å²) < 4.78 is 0. The number of likely N-dealkylation sites (N-methyl/N-ethyl adjacent to an activating group) is 1. The number of amides is 1. The molecule has 1 amide bonds. The molecule has 0 heterocycles. The second-order valence-electron chi connectivity index (χ2n) is 3.57. The molecule has 2 N–H and O–H groups in total. The summed E-state index contributed by atoms with van der Waals surface area (Å²) in [6.07, 6.45) is 4.62. The summed E-state index contributed by atoms with van der Waals surface area (Å²) in [6, 6.07) is 0. The van der Waals surface area contributed by atoms with Crippen molar-refractivity contribution < 1.29 is 4.79 Å². The molecule has 3 nitrogen and oxygen atoms in total. The zero-order chi connectivity index (χ0) is 9.03. The van der Waals surface area contributed by atoms with Gasteiger partial charge in [-0.1, -0.05) is 6.92 Å². The van der Waals surface area contributed by atoms with Crippen molar-refractivity contribution in [1.82, 2.24) is 10.6 Å². The molecule has 0 atom stereocenters. The average Bonchev–Trinajstić information content (AvgIpc) is 1.97. The fraction of sp³-hybridized carbons (Fsp3) is 0.889. The van der Waals surface area contributed by atoms with E-state index in [0.29, 0.717) is 6.54 Å². The van der Waals surface area contributed by atoms with E-state index in [-0.39, 0.29) is 11.4 Å². The van der Waals surface area contributed by atoms with Gasteiger partial charge in [-0.3, -0.25) is 4.79 Å². The van der Waals surface area contributed by atoms with Gasteiger partial charge >= 0.3 is 0 Å². The summed E-state index contributed by atoms with van der Waals surface area (Å²) >= 11 is 0. The van der Waals surface area contributed by atoms with Crippen molar-refractivity contribution in [3.8, 4) is 0 Å². The lowest BCUT2D eigenvalue weighted by Gasteiger charge is -2.42. The van der Waals surface area contributed by atoms with Gasteiger partial charge in [-0.25, -0.2) is 0 Å². The van der Waals surface area contributed by atoms with Gasteiger partial charge in [0.05, 0.1) is 6.54 Å². The normalized spacial score (nSPS) is 19.8. The second-order valence-corrected chi connectivity index (χ2v) is 3.57. The number of hydrogen-bond donors (Lipinski definition) is 2. The molecule has 70 valence electrons. The first kappa shape index (κ1) is 9.52. The fourth-order valence-electron chi connectivity index (χ4n) is 1.67. The van der Waals surface area contributed by atoms with Crippen LogP contribution >= 0.6 is 0 Å². The lowest BCUT2D eigenvalue weighted by atomic mass is 9.75. The molecule has 1 fully saturated rings. The summed E-state index contributed by atoms with van der Waals surface area (Å²) in [5.74, 6) is 0.124. The lowest BCUT2D eigenvalue weighted by molar-refractivity contribution is -0.123. The highest BCUT2D eigenvalue weighted by atomic mass is 16.2. The Morgan fingerprint density at radius 2 is 2.17 bits per heavy atom. The zero-order valence-electron chi connectivity index (χ0n) is 7.94. The minimum atomic E-state index is 0.124. The van der Waals surface area contributed by atoms with E-state index in [2.05, 4.69) is 17.6 Å². The maximum atomic E-state index is 11.2. The van der Waals surface area contributed by atoms with E-state index in [4.69, 9.17) is 0 Å². The van der Waals surface area contributed by atoms with Crippen molar-refractivity contribution in [2.45, 2.75) is 38.1 Å². The van der Waals surface area contributed by atoms with E-state index in [9.17, 15) is 4.79 Å². The molecule has 3 heteroatoms. The summed E-state index contributed by atoms with van der Waals surface area (Å²) in [7, 11) is 1.79. The van der Waals surface area contributed by atoms with Crippen LogP contribution in [-0.2, 0) is 4.79 Å². The van der Waals surface area contributed by atoms with Gasteiger partial charge in [0, 0.05) is 5.54 Å². The maximum Gasteiger partial charge on any atom is 0.234 e. The van der Waals surface area contributed by atoms with Crippen molar-refractivity contribution >= 4 is 5.91 Å². The van der Waals surface area contributed by atoms with Gasteiger partial charge in [0.1, 0.15) is 0 Å². The maximum absolute atomic E-state index is 11.2. The van der Waals surface area contributed by atoms with Crippen LogP contribution in [0.4, 0.5) is 0 Å². The largest absolute Gasteiger partial charge is 0.350 e. The summed E-state index contributed by atoms with van der Waals surface area (Å²) in [5.41, 5.74) is 0.147. The number of carbonyl (C=O) groups is 1. The molecule has 1 saturated carbocycles. The molecule has 0 aliphatic heterocycles. The molecule has 0 aromatic rings. The van der Waals surface area contributed by atoms with Crippen LogP contribution < -0.4 is 10.6 Å². The first-order chi connectivity index (χ1) is 5.72. The SMILES string of the molecule is CCC1(NC(=O)CNC)CCC1. The van der Waals surface area contributed by atoms with E-state index in [0.717, 1.165) is 19.3 Å². The van der Waals surface area contributed by atoms with E-state index in [1.54, 1.807) is 7.05 Å². The molecule has 0 aromatic heterocycles. The third kappa shape index (κ3) is 1.97. The fourth-order valence-corrected chi connectivity index (χ4v) is 1.67. The van der Waals surface area contributed by atoms with Crippen molar-refractivity contribution in [3.05, 3.63) is 0 Å². The van der Waals surface area contributed by atoms with Gasteiger partial charge < -0.3 is 10.6 Å². The zero-order valence-corrected chi connectivity index (χ0v) is 7.94. The van der Waals surface area contributed by atoms with Crippen LogP contribution in [0.1, 0.15) is 32.6 Å². The number of rotatable bonds is 4. The molecule has 0 spiro atoms. The number of hydrogen-bond acceptors (Lipinski definition) is 2. The van der Waals surface area contributed by atoms with Gasteiger partial charge in [0.2, 0.25) is 5.91 Å². The van der Waals surface area contributed by atoms with Crippen molar-refractivity contribution in [2.75, 3.05) is 13.6 Å². The Bertz CT molecular complexity index is 158. The Kier molecular flexibility index (Phi) is 3.09. The number of nitrogens with one attached hydrogen (secondary N) is 2. The Balaban J connectivity index is 2.32. The summed E-state index contributed by atoms with van der Waals surface area (Å²) in [6.45, 7) is 2.57. The first-order valence-electron chi connectivity index (χ1n) is 4.68. The molecular weight excluding hydrogens is 152 g/mol. The molecule has 12 heavy (non-hydrogen) atoms. The smallest absolute Gasteiger partial charge is 0.234 e. The van der Waals surface area contributed by atoms with Gasteiger partial charge in [0.15, 0.2) is 0 Å². The average molecular weight is 170 g/mol. The van der Waals surface area contributed by atoms with Crippen molar-refractivity contribution in [1.29, 1.82) is 0 Å². The van der Waals surface area contributed by atoms with E-state index in [1.165, 1.54) is 6.42 Å². The second kappa shape index (κ2) is 3.90. The molecule has 1 rings (SSSR count). The molecule has 0 radical (unpaired) electrons. The standard InChI is InChI=1S/C9H18N2O/c1-3-9(5-4-6-9)11-8(12)7-10-2/h10H,3-7H2,1-2H3,(H,11,12). The Hall–Kier alpha value is -0.570. The van der Waals surface area contributed by atoms with Gasteiger partial charge in [-0.2, -0.15) is 0 Å². The summed E-state index contributed by atoms with van der Waals surface area (Å²) in [5, 5.41) is 5.93. The van der Waals surface area contributed by atoms with Crippen molar-refractivity contribution in [3.63, 3.8) is 0 Å². The summed E-state index contributed by atoms with van der Waals surface area (Å²) in [4.78, 5) is 11.2. The Labute approximate surface area is 73.9 Å². The lowest BCUT2D eigenvalue weighted by Crippen LogP contribution is -2.54. The Morgan fingerprint density at radius 3 is 2.50 bits per heavy atom. The number of carbonyl (C=O) groups excluding carboxylic acids is 1. The molecular formula is C9H18N2O. The predicted molar refractivity (Wildman–Crippen MR) is 48.9 cm³/mol. The van der Waals surface area contributed by atoms with Crippen LogP contribution in [0.3, 0.4) is 0 Å². The highest BCUT2D eigenvalue weighted by Crippen LogP contribution is 2.34. The van der Waals surface area contributed by atoms with Gasteiger partial charge in [-0.05, 0) is 32.7 Å². The van der Waals surface area contributed by atoms with Gasteiger partial charge in [0.25, 0.3) is 0 Å². The van der Waals surface area contributed by atoms with Crippen LogP contribution in [0.5, 0.6) is 0 Å². The van der Waals surface area contributed by atoms with Crippen LogP contribution in [-0.4, -0.2) is 25.0 Å². The minimum absolute atomic E-state index is 0.124. The van der Waals surface area contributed by atoms with E-state index >= 15 is 0 Å². The third-order valence-corrected chi connectivity index (χ3v) is 2.73. The van der Waals surface area contributed by atoms with Crippen LogP contribution in [0.15, 0.2) is 0 Å². The highest BCUT2D eigenvalue weighted by molar-refractivity contribution is 5.78. The van der Waals surface area contributed by atoms with Crippen LogP contribution in [0.25, 0.3) is 0 Å². The first-order valence-corrected chi connectivity index (χ1v) is 4.68. The molecule has 1 aliphatic carbocycles. The molecule has 0 unspecified atom stereocenters. The monoisotopic (exact) mass is 170 g/mol. The molecule has 1 aliphatic rings. The molecule has 0 aromatic carbocycles. The highest BCUT2D eigenvalue weighted by Gasteiger charge is 2.35.